The van der Waals surface area contributed by atoms with E-state index in [4.69, 9.17) is 9.47 Å². The average molecular weight is 508 g/mol. The average Bonchev–Trinajstić information content (AvgIpc) is 2.80. The van der Waals surface area contributed by atoms with Gasteiger partial charge in [0.1, 0.15) is 18.3 Å². The zero-order chi connectivity index (χ0) is 25.8. The normalized spacial score (nSPS) is 31.5. The highest BCUT2D eigenvalue weighted by Gasteiger charge is 2.55. The highest BCUT2D eigenvalue weighted by molar-refractivity contribution is 5.76. The molecule has 2 aliphatic rings. The highest BCUT2D eigenvalue weighted by Crippen LogP contribution is 2.33. The molecule has 0 unspecified atom stereocenters. The number of ether oxygens (including phenoxy) is 2. The third-order valence-electron chi connectivity index (χ3n) is 6.10. The van der Waals surface area contributed by atoms with E-state index in [0.29, 0.717) is 19.6 Å². The molecule has 35 heavy (non-hydrogen) atoms. The predicted molar refractivity (Wildman–Crippen MR) is 124 cm³/mol. The number of nitrogens with one attached hydrogen (secondary N) is 4. The van der Waals surface area contributed by atoms with Crippen molar-refractivity contribution in [2.75, 3.05) is 72.1 Å². The number of aliphatic hydroxyl groups excluding tert-OH is 4. The van der Waals surface area contributed by atoms with Crippen LogP contribution in [0.3, 0.4) is 0 Å². The molecule has 2 aliphatic heterocycles. The van der Waals surface area contributed by atoms with Crippen molar-refractivity contribution < 1.29 is 44.6 Å². The number of hydrogen-bond donors (Lipinski definition) is 9. The van der Waals surface area contributed by atoms with Crippen LogP contribution in [0.4, 0.5) is 0 Å². The summed E-state index contributed by atoms with van der Waals surface area (Å²) in [7, 11) is 0. The summed E-state index contributed by atoms with van der Waals surface area (Å²) in [6, 6.07) is -1.22. The topological polar surface area (TPSA) is 205 Å². The van der Waals surface area contributed by atoms with Gasteiger partial charge in [0.2, 0.25) is 5.91 Å². The van der Waals surface area contributed by atoms with Crippen LogP contribution in [0.2, 0.25) is 0 Å². The van der Waals surface area contributed by atoms with Crippen molar-refractivity contribution in [3.05, 3.63) is 0 Å². The van der Waals surface area contributed by atoms with Gasteiger partial charge in [-0.2, -0.15) is 0 Å². The first-order valence-electron chi connectivity index (χ1n) is 12.0. The van der Waals surface area contributed by atoms with E-state index in [1.54, 1.807) is 0 Å². The molecule has 0 aromatic heterocycles. The Labute approximate surface area is 205 Å². The Morgan fingerprint density at radius 2 is 1.69 bits per heavy atom. The second-order valence-electron chi connectivity index (χ2n) is 8.82. The van der Waals surface area contributed by atoms with E-state index in [1.807, 2.05) is 0 Å². The molecule has 2 saturated heterocycles. The fourth-order valence-electron chi connectivity index (χ4n) is 4.15. The molecule has 9 N–H and O–H groups in total. The van der Waals surface area contributed by atoms with Crippen molar-refractivity contribution in [1.82, 2.24) is 26.2 Å². The van der Waals surface area contributed by atoms with Gasteiger partial charge in [0.05, 0.1) is 25.4 Å². The van der Waals surface area contributed by atoms with E-state index in [-0.39, 0.29) is 6.61 Å². The SMILES string of the molecule is CC(=O)N[C@H]1[C@H]([C@@H](O)[C@@H](O)CO)O[C@@](OCCN2CCNCCNCCNCC2)(C(=O)O)C[C@@H]1O. The minimum atomic E-state index is -2.32. The van der Waals surface area contributed by atoms with Gasteiger partial charge in [-0.25, -0.2) is 4.79 Å². The predicted octanol–water partition coefficient (Wildman–Crippen LogP) is -4.76. The standard InChI is InChI=1S/C21H41N5O9/c1-14(28)25-17-15(29)12-21(20(32)33,35-19(17)18(31)16(30)13-27)34-11-10-26-8-6-23-4-2-22-3-5-24-7-9-26/h15-19,22-24,27,29-31H,2-13H2,1H3,(H,25,28)(H,32,33)/t15-,16-,17+,18-,19+,21+/m0/s1. The lowest BCUT2D eigenvalue weighted by Gasteiger charge is -2.46. The van der Waals surface area contributed by atoms with E-state index in [1.165, 1.54) is 6.92 Å². The Bertz CT molecular complexity index is 649. The zero-order valence-electron chi connectivity index (χ0n) is 20.2. The van der Waals surface area contributed by atoms with E-state index in [0.717, 1.165) is 39.3 Å². The first-order valence-corrected chi connectivity index (χ1v) is 12.0. The number of amides is 1. The fourth-order valence-corrected chi connectivity index (χ4v) is 4.15. The molecule has 0 spiro atoms. The summed E-state index contributed by atoms with van der Waals surface area (Å²) in [4.78, 5) is 25.9. The Balaban J connectivity index is 2.08. The first kappa shape index (κ1) is 29.8. The van der Waals surface area contributed by atoms with E-state index >= 15 is 0 Å². The smallest absolute Gasteiger partial charge is 0.364 e. The van der Waals surface area contributed by atoms with E-state index in [9.17, 15) is 35.1 Å². The Morgan fingerprint density at radius 1 is 1.11 bits per heavy atom. The van der Waals surface area contributed by atoms with Crippen molar-refractivity contribution in [2.45, 2.75) is 49.6 Å². The second-order valence-corrected chi connectivity index (χ2v) is 8.82. The van der Waals surface area contributed by atoms with Crippen molar-refractivity contribution in [3.63, 3.8) is 0 Å². The Morgan fingerprint density at radius 3 is 2.20 bits per heavy atom. The highest BCUT2D eigenvalue weighted by atomic mass is 16.7. The van der Waals surface area contributed by atoms with Gasteiger partial charge in [-0.1, -0.05) is 0 Å². The molecule has 1 amide bonds. The number of aliphatic carboxylic acids is 1. The lowest BCUT2D eigenvalue weighted by molar-refractivity contribution is -0.311. The maximum Gasteiger partial charge on any atom is 0.364 e. The number of hydrogen-bond acceptors (Lipinski definition) is 12. The quantitative estimate of drug-likeness (QED) is 0.144. The van der Waals surface area contributed by atoms with Crippen molar-refractivity contribution in [3.8, 4) is 0 Å². The van der Waals surface area contributed by atoms with Gasteiger partial charge in [0.15, 0.2) is 0 Å². The van der Waals surface area contributed by atoms with Gasteiger partial charge in [-0.15, -0.1) is 0 Å². The first-order chi connectivity index (χ1) is 16.7. The van der Waals surface area contributed by atoms with Crippen LogP contribution in [0.15, 0.2) is 0 Å². The number of carbonyl (C=O) groups excluding carboxylic acids is 1. The molecule has 6 atom stereocenters. The zero-order valence-corrected chi connectivity index (χ0v) is 20.2. The molecule has 0 aromatic carbocycles. The van der Waals surface area contributed by atoms with Gasteiger partial charge in [-0.3, -0.25) is 9.69 Å². The molecule has 2 heterocycles. The Kier molecular flexibility index (Phi) is 12.7. The van der Waals surface area contributed by atoms with Crippen LogP contribution in [-0.2, 0) is 19.1 Å². The van der Waals surface area contributed by atoms with Crippen LogP contribution in [0.25, 0.3) is 0 Å². The largest absolute Gasteiger partial charge is 0.477 e. The van der Waals surface area contributed by atoms with E-state index < -0.39 is 61.1 Å². The maximum absolute atomic E-state index is 12.2. The van der Waals surface area contributed by atoms with Crippen LogP contribution in [0, 0.1) is 0 Å². The fraction of sp³-hybridized carbons (Fsp3) is 0.905. The van der Waals surface area contributed by atoms with Crippen LogP contribution < -0.4 is 21.3 Å². The molecular formula is C21H41N5O9. The summed E-state index contributed by atoms with van der Waals surface area (Å²) in [5.41, 5.74) is 0. The number of nitrogens with zero attached hydrogens (tertiary/aromatic N) is 1. The van der Waals surface area contributed by atoms with Crippen molar-refractivity contribution in [2.24, 2.45) is 0 Å². The third-order valence-corrected chi connectivity index (χ3v) is 6.10. The number of rotatable bonds is 9. The molecule has 2 rings (SSSR count). The Hall–Kier alpha value is -1.46. The number of carbonyl (C=O) groups is 2. The molecule has 0 saturated carbocycles. The monoisotopic (exact) mass is 507 g/mol. The minimum absolute atomic E-state index is 0.0449. The molecule has 2 fully saturated rings. The van der Waals surface area contributed by atoms with Crippen LogP contribution in [-0.4, -0.2) is 151 Å². The summed E-state index contributed by atoms with van der Waals surface area (Å²) in [6.07, 6.45) is -7.01. The third kappa shape index (κ3) is 9.17. The van der Waals surface area contributed by atoms with Crippen LogP contribution in [0.1, 0.15) is 13.3 Å². The second kappa shape index (κ2) is 14.9. The van der Waals surface area contributed by atoms with Crippen molar-refractivity contribution in [1.29, 1.82) is 0 Å². The maximum atomic E-state index is 12.2. The van der Waals surface area contributed by atoms with Gasteiger partial charge >= 0.3 is 5.97 Å². The molecule has 0 bridgehead atoms. The molecule has 14 nitrogen and oxygen atoms in total. The van der Waals surface area contributed by atoms with Gasteiger partial charge in [0, 0.05) is 72.2 Å². The molecule has 14 heteroatoms. The number of aliphatic hydroxyl groups is 4. The lowest BCUT2D eigenvalue weighted by Crippen LogP contribution is -2.68. The number of carboxylic acids is 1. The summed E-state index contributed by atoms with van der Waals surface area (Å²) >= 11 is 0. The van der Waals surface area contributed by atoms with Crippen LogP contribution >= 0.6 is 0 Å². The lowest BCUT2D eigenvalue weighted by atomic mass is 9.88. The summed E-state index contributed by atoms with van der Waals surface area (Å²) in [6.45, 7) is 6.99. The molecule has 0 radical (unpaired) electrons. The van der Waals surface area contributed by atoms with Gasteiger partial charge in [-0.05, 0) is 0 Å². The molecule has 204 valence electrons. The molecular weight excluding hydrogens is 466 g/mol. The summed E-state index contributed by atoms with van der Waals surface area (Å²) < 4.78 is 11.3. The summed E-state index contributed by atoms with van der Waals surface area (Å²) in [5.74, 6) is -4.38. The van der Waals surface area contributed by atoms with Crippen LogP contribution in [0.5, 0.6) is 0 Å². The number of carboxylic acid groups (broad SMARTS) is 1. The van der Waals surface area contributed by atoms with E-state index in [2.05, 4.69) is 26.2 Å². The van der Waals surface area contributed by atoms with Crippen molar-refractivity contribution >= 4 is 11.9 Å². The van der Waals surface area contributed by atoms with Gasteiger partial charge in [0.25, 0.3) is 5.79 Å². The molecule has 0 aliphatic carbocycles. The summed E-state index contributed by atoms with van der Waals surface area (Å²) in [5, 5.41) is 62.6. The minimum Gasteiger partial charge on any atom is -0.477 e. The molecule has 0 aromatic rings. The van der Waals surface area contributed by atoms with Gasteiger partial charge < -0.3 is 56.3 Å².